The molecule has 1 heterocycles. The smallest absolute Gasteiger partial charge is 0.0728 e. The van der Waals surface area contributed by atoms with Gasteiger partial charge in [0.1, 0.15) is 0 Å². The highest BCUT2D eigenvalue weighted by Gasteiger charge is 2.21. The van der Waals surface area contributed by atoms with E-state index in [-0.39, 0.29) is 6.10 Å². The normalized spacial score (nSPS) is 14.6. The van der Waals surface area contributed by atoms with Crippen LogP contribution in [0.5, 0.6) is 0 Å². The highest BCUT2D eigenvalue weighted by molar-refractivity contribution is 5.10. The van der Waals surface area contributed by atoms with Gasteiger partial charge in [-0.2, -0.15) is 5.10 Å². The van der Waals surface area contributed by atoms with E-state index in [9.17, 15) is 0 Å². The molecule has 0 radical (unpaired) electrons. The van der Waals surface area contributed by atoms with Crippen LogP contribution >= 0.6 is 0 Å². The van der Waals surface area contributed by atoms with Gasteiger partial charge in [-0.05, 0) is 32.4 Å². The Hall–Kier alpha value is -0.870. The summed E-state index contributed by atoms with van der Waals surface area (Å²) in [6.45, 7) is 7.47. The summed E-state index contributed by atoms with van der Waals surface area (Å²) >= 11 is 0. The van der Waals surface area contributed by atoms with Crippen LogP contribution in [0.1, 0.15) is 44.5 Å². The topological polar surface area (TPSA) is 39.1 Å². The van der Waals surface area contributed by atoms with Gasteiger partial charge in [-0.3, -0.25) is 4.68 Å². The number of hydrogen-bond acceptors (Lipinski definition) is 3. The molecule has 1 aromatic rings. The molecule has 0 aliphatic rings. The molecule has 19 heavy (non-hydrogen) atoms. The second-order valence-electron chi connectivity index (χ2n) is 5.23. The second-order valence-corrected chi connectivity index (χ2v) is 5.23. The number of ether oxygens (including phenoxy) is 1. The van der Waals surface area contributed by atoms with E-state index in [4.69, 9.17) is 4.74 Å². The first kappa shape index (κ1) is 16.2. The molecule has 1 aromatic heterocycles. The lowest BCUT2D eigenvalue weighted by atomic mass is 10.0. The standard InChI is InChI=1S/C15H29N3O/c1-6-8-15(19-5)14(16-9-7-2)11-13-10-12(3)17-18(13)4/h10,14-16H,6-9,11H2,1-5H3. The molecule has 0 aromatic carbocycles. The molecule has 2 unspecified atom stereocenters. The summed E-state index contributed by atoms with van der Waals surface area (Å²) in [7, 11) is 3.83. The van der Waals surface area contributed by atoms with Crippen molar-refractivity contribution in [2.45, 2.75) is 58.6 Å². The molecule has 1 rings (SSSR count). The summed E-state index contributed by atoms with van der Waals surface area (Å²) in [6, 6.07) is 2.53. The van der Waals surface area contributed by atoms with Crippen LogP contribution in [0.25, 0.3) is 0 Å². The van der Waals surface area contributed by atoms with Gasteiger partial charge < -0.3 is 10.1 Å². The first-order valence-corrected chi connectivity index (χ1v) is 7.38. The fraction of sp³-hybridized carbons (Fsp3) is 0.800. The van der Waals surface area contributed by atoms with E-state index < -0.39 is 0 Å². The molecule has 0 saturated carbocycles. The van der Waals surface area contributed by atoms with Crippen molar-refractivity contribution in [3.63, 3.8) is 0 Å². The van der Waals surface area contributed by atoms with Crippen molar-refractivity contribution in [3.05, 3.63) is 17.5 Å². The molecule has 110 valence electrons. The van der Waals surface area contributed by atoms with Gasteiger partial charge in [-0.15, -0.1) is 0 Å². The summed E-state index contributed by atoms with van der Waals surface area (Å²) < 4.78 is 7.66. The van der Waals surface area contributed by atoms with Crippen molar-refractivity contribution in [2.75, 3.05) is 13.7 Å². The Bertz CT molecular complexity index is 362. The molecule has 0 aliphatic heterocycles. The average Bonchev–Trinajstić information content (AvgIpc) is 2.70. The zero-order chi connectivity index (χ0) is 14.3. The molecule has 2 atom stereocenters. The van der Waals surface area contributed by atoms with E-state index in [1.54, 1.807) is 0 Å². The minimum absolute atomic E-state index is 0.270. The lowest BCUT2D eigenvalue weighted by Gasteiger charge is -2.27. The second kappa shape index (κ2) is 8.33. The van der Waals surface area contributed by atoms with Crippen LogP contribution in [0.15, 0.2) is 6.07 Å². The van der Waals surface area contributed by atoms with Crippen LogP contribution in [-0.2, 0) is 18.2 Å². The number of aryl methyl sites for hydroxylation is 2. The van der Waals surface area contributed by atoms with E-state index in [0.717, 1.165) is 37.9 Å². The zero-order valence-electron chi connectivity index (χ0n) is 13.1. The lowest BCUT2D eigenvalue weighted by molar-refractivity contribution is 0.0603. The SMILES string of the molecule is CCCNC(Cc1cc(C)nn1C)C(CCC)OC. The van der Waals surface area contributed by atoms with E-state index >= 15 is 0 Å². The van der Waals surface area contributed by atoms with E-state index in [1.807, 2.05) is 25.8 Å². The fourth-order valence-electron chi connectivity index (χ4n) is 2.51. The molecule has 4 heteroatoms. The molecule has 1 N–H and O–H groups in total. The first-order chi connectivity index (χ1) is 9.12. The van der Waals surface area contributed by atoms with E-state index in [0.29, 0.717) is 6.04 Å². The summed E-state index contributed by atoms with van der Waals surface area (Å²) in [5.41, 5.74) is 2.35. The van der Waals surface area contributed by atoms with Crippen molar-refractivity contribution < 1.29 is 4.74 Å². The van der Waals surface area contributed by atoms with Gasteiger partial charge in [-0.1, -0.05) is 20.3 Å². The number of aromatic nitrogens is 2. The quantitative estimate of drug-likeness (QED) is 0.747. The summed E-state index contributed by atoms with van der Waals surface area (Å²) in [6.07, 6.45) is 4.62. The average molecular weight is 267 g/mol. The van der Waals surface area contributed by atoms with Crippen molar-refractivity contribution in [1.29, 1.82) is 0 Å². The third-order valence-corrected chi connectivity index (χ3v) is 3.51. The van der Waals surface area contributed by atoms with Gasteiger partial charge in [0.2, 0.25) is 0 Å². The monoisotopic (exact) mass is 267 g/mol. The minimum Gasteiger partial charge on any atom is -0.380 e. The Kier molecular flexibility index (Phi) is 7.10. The van der Waals surface area contributed by atoms with Gasteiger partial charge in [-0.25, -0.2) is 0 Å². The van der Waals surface area contributed by atoms with Gasteiger partial charge in [0.15, 0.2) is 0 Å². The van der Waals surface area contributed by atoms with Gasteiger partial charge >= 0.3 is 0 Å². The third-order valence-electron chi connectivity index (χ3n) is 3.51. The summed E-state index contributed by atoms with van der Waals surface area (Å²) in [4.78, 5) is 0. The van der Waals surface area contributed by atoms with Crippen molar-refractivity contribution >= 4 is 0 Å². The molecular weight excluding hydrogens is 238 g/mol. The Morgan fingerprint density at radius 2 is 2.11 bits per heavy atom. The van der Waals surface area contributed by atoms with Crippen molar-refractivity contribution in [2.24, 2.45) is 7.05 Å². The summed E-state index contributed by atoms with van der Waals surface area (Å²) in [5.74, 6) is 0. The van der Waals surface area contributed by atoms with Crippen molar-refractivity contribution in [1.82, 2.24) is 15.1 Å². The van der Waals surface area contributed by atoms with Crippen LogP contribution < -0.4 is 5.32 Å². The number of nitrogens with one attached hydrogen (secondary N) is 1. The predicted molar refractivity (Wildman–Crippen MR) is 79.4 cm³/mol. The maximum absolute atomic E-state index is 5.68. The van der Waals surface area contributed by atoms with Crippen LogP contribution in [0, 0.1) is 6.92 Å². The number of rotatable bonds is 9. The van der Waals surface area contributed by atoms with Crippen LogP contribution in [0.4, 0.5) is 0 Å². The maximum atomic E-state index is 5.68. The Morgan fingerprint density at radius 3 is 2.58 bits per heavy atom. The van der Waals surface area contributed by atoms with Crippen LogP contribution in [-0.4, -0.2) is 35.6 Å². The molecular formula is C15H29N3O. The van der Waals surface area contributed by atoms with Gasteiger partial charge in [0.25, 0.3) is 0 Å². The molecule has 0 bridgehead atoms. The van der Waals surface area contributed by atoms with Crippen molar-refractivity contribution in [3.8, 4) is 0 Å². The van der Waals surface area contributed by atoms with Gasteiger partial charge in [0, 0.05) is 32.3 Å². The predicted octanol–water partition coefficient (Wildman–Crippen LogP) is 2.45. The first-order valence-electron chi connectivity index (χ1n) is 7.38. The number of hydrogen-bond donors (Lipinski definition) is 1. The van der Waals surface area contributed by atoms with Crippen LogP contribution in [0.2, 0.25) is 0 Å². The van der Waals surface area contributed by atoms with E-state index in [1.165, 1.54) is 5.69 Å². The maximum Gasteiger partial charge on any atom is 0.0728 e. The Morgan fingerprint density at radius 1 is 1.37 bits per heavy atom. The van der Waals surface area contributed by atoms with Gasteiger partial charge in [0.05, 0.1) is 11.8 Å². The highest BCUT2D eigenvalue weighted by Crippen LogP contribution is 2.13. The van der Waals surface area contributed by atoms with E-state index in [2.05, 4.69) is 30.3 Å². The number of nitrogens with zero attached hydrogens (tertiary/aromatic N) is 2. The molecule has 0 spiro atoms. The largest absolute Gasteiger partial charge is 0.380 e. The lowest BCUT2D eigenvalue weighted by Crippen LogP contribution is -2.43. The summed E-state index contributed by atoms with van der Waals surface area (Å²) in [5, 5.41) is 8.05. The Balaban J connectivity index is 2.75. The minimum atomic E-state index is 0.270. The molecule has 0 amide bonds. The molecule has 0 fully saturated rings. The Labute approximate surface area is 117 Å². The third kappa shape index (κ3) is 4.96. The fourth-order valence-corrected chi connectivity index (χ4v) is 2.51. The zero-order valence-corrected chi connectivity index (χ0v) is 13.1. The van der Waals surface area contributed by atoms with Crippen LogP contribution in [0.3, 0.4) is 0 Å². The number of methoxy groups -OCH3 is 1. The molecule has 0 aliphatic carbocycles. The molecule has 4 nitrogen and oxygen atoms in total. The molecule has 0 saturated heterocycles. The highest BCUT2D eigenvalue weighted by atomic mass is 16.5.